The molecule has 1 aromatic heterocycles. The van der Waals surface area contributed by atoms with Crippen LogP contribution in [0.15, 0.2) is 64.5 Å². The monoisotopic (exact) mass is 419 g/mol. The lowest BCUT2D eigenvalue weighted by Crippen LogP contribution is -2.27. The van der Waals surface area contributed by atoms with Gasteiger partial charge in [-0.05, 0) is 55.2 Å². The number of hydrogen-bond donors (Lipinski definition) is 3. The summed E-state index contributed by atoms with van der Waals surface area (Å²) in [6.07, 6.45) is 4.10. The Morgan fingerprint density at radius 1 is 0.893 bits per heavy atom. The van der Waals surface area contributed by atoms with Crippen molar-refractivity contribution in [2.45, 2.75) is 35.1 Å². The van der Waals surface area contributed by atoms with Gasteiger partial charge in [-0.25, -0.2) is 26.3 Å². The molecule has 1 fully saturated rings. The van der Waals surface area contributed by atoms with Crippen molar-refractivity contribution in [3.63, 3.8) is 0 Å². The Labute approximate surface area is 164 Å². The summed E-state index contributed by atoms with van der Waals surface area (Å²) in [6, 6.07) is 13.1. The van der Waals surface area contributed by atoms with E-state index in [1.54, 1.807) is 0 Å². The van der Waals surface area contributed by atoms with Crippen LogP contribution in [-0.2, 0) is 26.5 Å². The number of aromatic amines is 1. The van der Waals surface area contributed by atoms with Crippen LogP contribution in [0.1, 0.15) is 18.4 Å². The number of H-pyrrole nitrogens is 1. The normalized spacial score (nSPS) is 15.1. The number of benzene rings is 2. The molecule has 148 valence electrons. The van der Waals surface area contributed by atoms with E-state index in [2.05, 4.69) is 14.4 Å². The summed E-state index contributed by atoms with van der Waals surface area (Å²) in [4.78, 5) is 3.27. The van der Waals surface area contributed by atoms with Crippen LogP contribution in [0.4, 0.5) is 0 Å². The van der Waals surface area contributed by atoms with Gasteiger partial charge in [0.05, 0.1) is 9.79 Å². The number of sulfonamides is 2. The van der Waals surface area contributed by atoms with Gasteiger partial charge in [0, 0.05) is 29.7 Å². The van der Waals surface area contributed by atoms with E-state index in [-0.39, 0.29) is 22.4 Å². The second-order valence-corrected chi connectivity index (χ2v) is 10.4. The van der Waals surface area contributed by atoms with E-state index in [0.717, 1.165) is 29.3 Å². The van der Waals surface area contributed by atoms with Crippen molar-refractivity contribution in [3.8, 4) is 0 Å². The Kier molecular flexibility index (Phi) is 5.00. The second-order valence-electron chi connectivity index (χ2n) is 6.87. The molecular formula is C19H21N3O4S2. The molecule has 28 heavy (non-hydrogen) atoms. The third-order valence-electron chi connectivity index (χ3n) is 4.70. The van der Waals surface area contributed by atoms with Gasteiger partial charge in [0.1, 0.15) is 0 Å². The van der Waals surface area contributed by atoms with E-state index in [4.69, 9.17) is 0 Å². The SMILES string of the molecule is O=S(=O)(NCCc1c[nH]c2ccccc12)c1ccc(S(=O)(=O)NC2CC2)cc1. The Balaban J connectivity index is 1.41. The summed E-state index contributed by atoms with van der Waals surface area (Å²) in [6.45, 7) is 0.244. The molecule has 0 unspecified atom stereocenters. The molecule has 0 saturated heterocycles. The summed E-state index contributed by atoms with van der Waals surface area (Å²) in [7, 11) is -7.31. The van der Waals surface area contributed by atoms with Gasteiger partial charge < -0.3 is 4.98 Å². The Hall–Kier alpha value is -2.20. The largest absolute Gasteiger partial charge is 0.361 e. The number of para-hydroxylation sites is 1. The number of aromatic nitrogens is 1. The molecule has 0 radical (unpaired) electrons. The molecule has 7 nitrogen and oxygen atoms in total. The van der Waals surface area contributed by atoms with Gasteiger partial charge in [0.25, 0.3) is 0 Å². The molecule has 0 amide bonds. The van der Waals surface area contributed by atoms with Gasteiger partial charge in [-0.2, -0.15) is 0 Å². The van der Waals surface area contributed by atoms with Crippen molar-refractivity contribution in [1.82, 2.24) is 14.4 Å². The van der Waals surface area contributed by atoms with E-state index in [1.807, 2.05) is 30.5 Å². The lowest BCUT2D eigenvalue weighted by Gasteiger charge is -2.09. The number of rotatable bonds is 8. The van der Waals surface area contributed by atoms with Crippen LogP contribution in [0, 0.1) is 0 Å². The molecule has 1 heterocycles. The molecule has 1 saturated carbocycles. The average molecular weight is 420 g/mol. The molecule has 0 atom stereocenters. The van der Waals surface area contributed by atoms with Gasteiger partial charge in [-0.1, -0.05) is 18.2 Å². The quantitative estimate of drug-likeness (QED) is 0.520. The minimum atomic E-state index is -3.72. The van der Waals surface area contributed by atoms with E-state index < -0.39 is 20.0 Å². The number of nitrogens with one attached hydrogen (secondary N) is 3. The van der Waals surface area contributed by atoms with Crippen LogP contribution < -0.4 is 9.44 Å². The average Bonchev–Trinajstić information content (AvgIpc) is 3.39. The number of fused-ring (bicyclic) bond motifs is 1. The Morgan fingerprint density at radius 2 is 1.54 bits per heavy atom. The first-order valence-electron chi connectivity index (χ1n) is 9.02. The topological polar surface area (TPSA) is 108 Å². The standard InChI is InChI=1S/C19H21N3O4S2/c23-27(24,21-12-11-14-13-20-19-4-2-1-3-18(14)19)16-7-9-17(10-8-16)28(25,26)22-15-5-6-15/h1-4,7-10,13,15,20-22H,5-6,11-12H2. The van der Waals surface area contributed by atoms with Crippen molar-refractivity contribution in [2.24, 2.45) is 0 Å². The highest BCUT2D eigenvalue weighted by atomic mass is 32.2. The first-order valence-corrected chi connectivity index (χ1v) is 12.0. The van der Waals surface area contributed by atoms with Crippen molar-refractivity contribution in [2.75, 3.05) is 6.54 Å². The minimum absolute atomic E-state index is 0.000381. The highest BCUT2D eigenvalue weighted by Crippen LogP contribution is 2.23. The summed E-state index contributed by atoms with van der Waals surface area (Å²) in [5.74, 6) is 0. The molecule has 1 aliphatic carbocycles. The van der Waals surface area contributed by atoms with Gasteiger partial charge in [0.15, 0.2) is 0 Å². The molecule has 1 aliphatic rings. The Bertz CT molecular complexity index is 1200. The second kappa shape index (κ2) is 7.32. The highest BCUT2D eigenvalue weighted by molar-refractivity contribution is 7.90. The van der Waals surface area contributed by atoms with Crippen LogP contribution in [0.3, 0.4) is 0 Å². The number of hydrogen-bond acceptors (Lipinski definition) is 4. The molecule has 9 heteroatoms. The summed E-state index contributed by atoms with van der Waals surface area (Å²) in [5, 5.41) is 1.07. The van der Waals surface area contributed by atoms with Crippen molar-refractivity contribution >= 4 is 30.9 Å². The summed E-state index contributed by atoms with van der Waals surface area (Å²) >= 11 is 0. The van der Waals surface area contributed by atoms with Crippen LogP contribution >= 0.6 is 0 Å². The maximum atomic E-state index is 12.5. The van der Waals surface area contributed by atoms with E-state index in [1.165, 1.54) is 24.3 Å². The van der Waals surface area contributed by atoms with Gasteiger partial charge in [0.2, 0.25) is 20.0 Å². The van der Waals surface area contributed by atoms with E-state index in [0.29, 0.717) is 6.42 Å². The maximum Gasteiger partial charge on any atom is 0.240 e. The van der Waals surface area contributed by atoms with Crippen LogP contribution in [0.2, 0.25) is 0 Å². The van der Waals surface area contributed by atoms with Gasteiger partial charge in [-0.3, -0.25) is 0 Å². The molecule has 0 spiro atoms. The summed E-state index contributed by atoms with van der Waals surface area (Å²) in [5.41, 5.74) is 2.04. The van der Waals surface area contributed by atoms with Crippen LogP contribution in [0.25, 0.3) is 10.9 Å². The molecule has 2 aromatic carbocycles. The Morgan fingerprint density at radius 3 is 2.21 bits per heavy atom. The fourth-order valence-electron chi connectivity index (χ4n) is 3.03. The molecule has 0 aliphatic heterocycles. The maximum absolute atomic E-state index is 12.5. The molecule has 4 rings (SSSR count). The van der Waals surface area contributed by atoms with Crippen molar-refractivity contribution in [1.29, 1.82) is 0 Å². The van der Waals surface area contributed by atoms with Gasteiger partial charge >= 0.3 is 0 Å². The zero-order valence-electron chi connectivity index (χ0n) is 15.1. The third-order valence-corrected chi connectivity index (χ3v) is 7.72. The zero-order valence-corrected chi connectivity index (χ0v) is 16.7. The first-order chi connectivity index (χ1) is 13.4. The molecule has 0 bridgehead atoms. The van der Waals surface area contributed by atoms with Crippen LogP contribution in [-0.4, -0.2) is 34.4 Å². The summed E-state index contributed by atoms with van der Waals surface area (Å²) < 4.78 is 54.5. The zero-order chi connectivity index (χ0) is 19.8. The smallest absolute Gasteiger partial charge is 0.240 e. The fourth-order valence-corrected chi connectivity index (χ4v) is 5.37. The highest BCUT2D eigenvalue weighted by Gasteiger charge is 2.28. The van der Waals surface area contributed by atoms with Gasteiger partial charge in [-0.15, -0.1) is 0 Å². The minimum Gasteiger partial charge on any atom is -0.361 e. The third kappa shape index (κ3) is 4.12. The van der Waals surface area contributed by atoms with Crippen molar-refractivity contribution < 1.29 is 16.8 Å². The predicted molar refractivity (Wildman–Crippen MR) is 107 cm³/mol. The molecular weight excluding hydrogens is 398 g/mol. The lowest BCUT2D eigenvalue weighted by molar-refractivity contribution is 0.577. The lowest BCUT2D eigenvalue weighted by atomic mass is 10.1. The fraction of sp³-hybridized carbons (Fsp3) is 0.263. The predicted octanol–water partition coefficient (Wildman–Crippen LogP) is 2.13. The van der Waals surface area contributed by atoms with Crippen LogP contribution in [0.5, 0.6) is 0 Å². The van der Waals surface area contributed by atoms with E-state index in [9.17, 15) is 16.8 Å². The molecule has 3 aromatic rings. The van der Waals surface area contributed by atoms with E-state index >= 15 is 0 Å². The van der Waals surface area contributed by atoms with Crippen molar-refractivity contribution in [3.05, 3.63) is 60.3 Å². The molecule has 3 N–H and O–H groups in total. The first kappa shape index (κ1) is 19.1.